The molecule has 7 nitrogen and oxygen atoms in total. The number of carboxylic acids is 1. The summed E-state index contributed by atoms with van der Waals surface area (Å²) in [6.07, 6.45) is 2.73. The monoisotopic (exact) mass is 253 g/mol. The molecule has 2 atom stereocenters. The average molecular weight is 253 g/mol. The molecule has 18 heavy (non-hydrogen) atoms. The smallest absolute Gasteiger partial charge is 0.326 e. The number of nitrogens with zero attached hydrogens (tertiary/aromatic N) is 1. The molecule has 0 aliphatic carbocycles. The van der Waals surface area contributed by atoms with Crippen LogP contribution in [-0.4, -0.2) is 33.0 Å². The summed E-state index contributed by atoms with van der Waals surface area (Å²) in [5.41, 5.74) is -0.451. The highest BCUT2D eigenvalue weighted by molar-refractivity contribution is 5.94. The molecule has 1 aromatic heterocycles. The highest BCUT2D eigenvalue weighted by Crippen LogP contribution is 2.08. The van der Waals surface area contributed by atoms with Crippen molar-refractivity contribution in [2.45, 2.75) is 26.3 Å². The van der Waals surface area contributed by atoms with Crippen molar-refractivity contribution >= 4 is 11.9 Å². The predicted molar refractivity (Wildman–Crippen MR) is 63.2 cm³/mol. The van der Waals surface area contributed by atoms with E-state index in [0.717, 1.165) is 12.4 Å². The Morgan fingerprint density at radius 3 is 2.67 bits per heavy atom. The van der Waals surface area contributed by atoms with Crippen molar-refractivity contribution in [1.29, 1.82) is 0 Å². The number of H-pyrrole nitrogens is 1. The zero-order valence-electron chi connectivity index (χ0n) is 10.1. The van der Waals surface area contributed by atoms with Gasteiger partial charge < -0.3 is 15.4 Å². The van der Waals surface area contributed by atoms with E-state index in [1.54, 1.807) is 6.92 Å². The van der Waals surface area contributed by atoms with E-state index in [1.807, 2.05) is 6.92 Å². The van der Waals surface area contributed by atoms with E-state index in [4.69, 9.17) is 5.11 Å². The third kappa shape index (κ3) is 3.41. The van der Waals surface area contributed by atoms with Gasteiger partial charge in [-0.2, -0.15) is 0 Å². The first kappa shape index (κ1) is 13.9. The molecule has 0 aliphatic heterocycles. The van der Waals surface area contributed by atoms with Crippen LogP contribution in [0.25, 0.3) is 0 Å². The van der Waals surface area contributed by atoms with Gasteiger partial charge in [0.2, 0.25) is 0 Å². The number of hydrogen-bond acceptors (Lipinski definition) is 4. The molecule has 0 spiro atoms. The lowest BCUT2D eigenvalue weighted by molar-refractivity contribution is -0.140. The number of aromatic nitrogens is 2. The summed E-state index contributed by atoms with van der Waals surface area (Å²) >= 11 is 0. The van der Waals surface area contributed by atoms with Gasteiger partial charge in [0.05, 0.1) is 6.20 Å². The molecule has 0 radical (unpaired) electrons. The van der Waals surface area contributed by atoms with Gasteiger partial charge in [0.1, 0.15) is 11.7 Å². The first-order valence-electron chi connectivity index (χ1n) is 5.54. The van der Waals surface area contributed by atoms with Gasteiger partial charge in [0.25, 0.3) is 11.5 Å². The van der Waals surface area contributed by atoms with Crippen molar-refractivity contribution in [3.05, 3.63) is 28.4 Å². The van der Waals surface area contributed by atoms with Crippen molar-refractivity contribution in [3.63, 3.8) is 0 Å². The Balaban J connectivity index is 2.81. The van der Waals surface area contributed by atoms with Crippen LogP contribution in [0.1, 0.15) is 30.8 Å². The van der Waals surface area contributed by atoms with Crippen LogP contribution in [0, 0.1) is 5.92 Å². The molecule has 1 aromatic rings. The van der Waals surface area contributed by atoms with Crippen LogP contribution in [0.15, 0.2) is 17.2 Å². The zero-order chi connectivity index (χ0) is 13.7. The van der Waals surface area contributed by atoms with Crippen molar-refractivity contribution in [3.8, 4) is 0 Å². The van der Waals surface area contributed by atoms with Gasteiger partial charge in [0.15, 0.2) is 0 Å². The van der Waals surface area contributed by atoms with Crippen LogP contribution in [-0.2, 0) is 4.79 Å². The van der Waals surface area contributed by atoms with Gasteiger partial charge in [-0.05, 0) is 5.92 Å². The molecule has 0 aliphatic rings. The Kier molecular flexibility index (Phi) is 4.59. The molecule has 0 aromatic carbocycles. The molecule has 1 rings (SSSR count). The summed E-state index contributed by atoms with van der Waals surface area (Å²) < 4.78 is 0. The van der Waals surface area contributed by atoms with Gasteiger partial charge >= 0.3 is 5.97 Å². The molecule has 7 heteroatoms. The number of aromatic amines is 1. The lowest BCUT2D eigenvalue weighted by Crippen LogP contribution is -2.45. The Labute approximate surface area is 103 Å². The molecule has 0 fully saturated rings. The minimum absolute atomic E-state index is 0.0239. The fraction of sp³-hybridized carbons (Fsp3) is 0.455. The molecule has 1 heterocycles. The standard InChI is InChI=1S/C11H15N3O4/c1-3-6(2)9(11(17)18)14-10(16)7-4-13-8(15)5-12-7/h4-6,9H,3H2,1-2H3,(H,13,15)(H,14,16)(H,17,18). The molecule has 0 bridgehead atoms. The fourth-order valence-electron chi connectivity index (χ4n) is 1.36. The number of carbonyl (C=O) groups is 2. The predicted octanol–water partition coefficient (Wildman–Crippen LogP) is -0.00100. The minimum Gasteiger partial charge on any atom is -0.480 e. The van der Waals surface area contributed by atoms with E-state index in [0.29, 0.717) is 6.42 Å². The number of nitrogens with one attached hydrogen (secondary N) is 2. The number of rotatable bonds is 5. The third-order valence-corrected chi connectivity index (χ3v) is 2.67. The minimum atomic E-state index is -1.10. The largest absolute Gasteiger partial charge is 0.480 e. The second kappa shape index (κ2) is 5.95. The third-order valence-electron chi connectivity index (χ3n) is 2.67. The van der Waals surface area contributed by atoms with Gasteiger partial charge in [-0.15, -0.1) is 0 Å². The maximum absolute atomic E-state index is 11.7. The molecule has 0 saturated carbocycles. The van der Waals surface area contributed by atoms with E-state index < -0.39 is 23.5 Å². The van der Waals surface area contributed by atoms with Crippen molar-refractivity contribution < 1.29 is 14.7 Å². The molecule has 1 amide bonds. The van der Waals surface area contributed by atoms with Crippen LogP contribution in [0.4, 0.5) is 0 Å². The van der Waals surface area contributed by atoms with E-state index in [9.17, 15) is 14.4 Å². The van der Waals surface area contributed by atoms with Gasteiger partial charge in [-0.1, -0.05) is 20.3 Å². The van der Waals surface area contributed by atoms with E-state index in [-0.39, 0.29) is 11.6 Å². The number of carboxylic acid groups (broad SMARTS) is 1. The summed E-state index contributed by atoms with van der Waals surface area (Å²) in [4.78, 5) is 39.5. The Hall–Kier alpha value is -2.18. The maximum atomic E-state index is 11.7. The van der Waals surface area contributed by atoms with E-state index in [1.165, 1.54) is 0 Å². The van der Waals surface area contributed by atoms with Gasteiger partial charge in [-0.25, -0.2) is 9.78 Å². The van der Waals surface area contributed by atoms with Crippen LogP contribution < -0.4 is 10.9 Å². The average Bonchev–Trinajstić information content (AvgIpc) is 2.35. The molecule has 98 valence electrons. The highest BCUT2D eigenvalue weighted by Gasteiger charge is 2.26. The number of carbonyl (C=O) groups excluding carboxylic acids is 1. The van der Waals surface area contributed by atoms with E-state index >= 15 is 0 Å². The topological polar surface area (TPSA) is 112 Å². The van der Waals surface area contributed by atoms with Gasteiger partial charge in [-0.3, -0.25) is 9.59 Å². The summed E-state index contributed by atoms with van der Waals surface area (Å²) in [5, 5.41) is 11.4. The van der Waals surface area contributed by atoms with Crippen molar-refractivity contribution in [2.24, 2.45) is 5.92 Å². The van der Waals surface area contributed by atoms with Gasteiger partial charge in [0, 0.05) is 6.20 Å². The molecular weight excluding hydrogens is 238 g/mol. The summed E-state index contributed by atoms with van der Waals surface area (Å²) in [6.45, 7) is 3.57. The summed E-state index contributed by atoms with van der Waals surface area (Å²) in [6, 6.07) is -0.976. The lowest BCUT2D eigenvalue weighted by Gasteiger charge is -2.19. The maximum Gasteiger partial charge on any atom is 0.326 e. The molecule has 2 unspecified atom stereocenters. The number of aliphatic carboxylic acids is 1. The number of hydrogen-bond donors (Lipinski definition) is 3. The molecular formula is C11H15N3O4. The Morgan fingerprint density at radius 2 is 2.22 bits per heavy atom. The second-order valence-electron chi connectivity index (χ2n) is 3.97. The Bertz CT molecular complexity index is 477. The lowest BCUT2D eigenvalue weighted by atomic mass is 9.99. The first-order valence-corrected chi connectivity index (χ1v) is 5.54. The Morgan fingerprint density at radius 1 is 1.56 bits per heavy atom. The van der Waals surface area contributed by atoms with Crippen LogP contribution in [0.3, 0.4) is 0 Å². The quantitative estimate of drug-likeness (QED) is 0.683. The second-order valence-corrected chi connectivity index (χ2v) is 3.97. The van der Waals surface area contributed by atoms with Crippen LogP contribution in [0.5, 0.6) is 0 Å². The molecule has 3 N–H and O–H groups in total. The van der Waals surface area contributed by atoms with Crippen molar-refractivity contribution in [1.82, 2.24) is 15.3 Å². The summed E-state index contributed by atoms with van der Waals surface area (Å²) in [5.74, 6) is -1.92. The van der Waals surface area contributed by atoms with Crippen LogP contribution in [0.2, 0.25) is 0 Å². The normalized spacial score (nSPS) is 13.7. The highest BCUT2D eigenvalue weighted by atomic mass is 16.4. The first-order chi connectivity index (χ1) is 8.45. The van der Waals surface area contributed by atoms with E-state index in [2.05, 4.69) is 15.3 Å². The fourth-order valence-corrected chi connectivity index (χ4v) is 1.36. The molecule has 0 saturated heterocycles. The number of amides is 1. The zero-order valence-corrected chi connectivity index (χ0v) is 10.1. The summed E-state index contributed by atoms with van der Waals surface area (Å²) in [7, 11) is 0. The SMILES string of the molecule is CCC(C)C(NC(=O)c1c[nH]c(=O)cn1)C(=O)O. The van der Waals surface area contributed by atoms with Crippen LogP contribution >= 0.6 is 0 Å². The van der Waals surface area contributed by atoms with Crippen molar-refractivity contribution in [2.75, 3.05) is 0 Å².